The van der Waals surface area contributed by atoms with Gasteiger partial charge in [-0.3, -0.25) is 9.59 Å². The topological polar surface area (TPSA) is 54.4 Å². The molecule has 0 amide bonds. The summed E-state index contributed by atoms with van der Waals surface area (Å²) in [6, 6.07) is 0. The molecule has 1 N–H and O–H groups in total. The zero-order valence-corrected chi connectivity index (χ0v) is 7.69. The van der Waals surface area contributed by atoms with E-state index in [-0.39, 0.29) is 11.7 Å². The summed E-state index contributed by atoms with van der Waals surface area (Å²) < 4.78 is 0. The number of allylic oxidation sites excluding steroid dienone is 2. The lowest BCUT2D eigenvalue weighted by molar-refractivity contribution is -0.144. The minimum absolute atomic E-state index is 0.0348. The summed E-state index contributed by atoms with van der Waals surface area (Å²) in [4.78, 5) is 22.2. The first kappa shape index (κ1) is 9.96. The van der Waals surface area contributed by atoms with Gasteiger partial charge in [-0.05, 0) is 25.8 Å². The first-order valence-electron chi connectivity index (χ1n) is 4.56. The van der Waals surface area contributed by atoms with E-state index in [2.05, 4.69) is 0 Å². The third kappa shape index (κ3) is 2.17. The molecule has 0 aromatic rings. The van der Waals surface area contributed by atoms with E-state index in [0.29, 0.717) is 6.42 Å². The molecule has 1 fully saturated rings. The Morgan fingerprint density at radius 2 is 1.92 bits per heavy atom. The molecule has 0 aromatic carbocycles. The zero-order valence-electron chi connectivity index (χ0n) is 7.69. The Bertz CT molecular complexity index is 243. The van der Waals surface area contributed by atoms with Crippen LogP contribution in [-0.4, -0.2) is 16.9 Å². The fourth-order valence-electron chi connectivity index (χ4n) is 1.88. The summed E-state index contributed by atoms with van der Waals surface area (Å²) in [7, 11) is 0. The molecule has 13 heavy (non-hydrogen) atoms. The number of ketones is 1. The van der Waals surface area contributed by atoms with Crippen molar-refractivity contribution in [3.05, 3.63) is 12.2 Å². The van der Waals surface area contributed by atoms with Gasteiger partial charge < -0.3 is 5.11 Å². The van der Waals surface area contributed by atoms with E-state index in [9.17, 15) is 9.59 Å². The van der Waals surface area contributed by atoms with Crippen LogP contribution < -0.4 is 0 Å². The van der Waals surface area contributed by atoms with Crippen LogP contribution in [0.15, 0.2) is 12.2 Å². The summed E-state index contributed by atoms with van der Waals surface area (Å²) in [5.41, 5.74) is 0. The number of aliphatic carboxylic acids is 1. The van der Waals surface area contributed by atoms with E-state index < -0.39 is 11.9 Å². The van der Waals surface area contributed by atoms with Gasteiger partial charge in [-0.25, -0.2) is 0 Å². The molecule has 1 rings (SSSR count). The first-order valence-corrected chi connectivity index (χ1v) is 4.56. The monoisotopic (exact) mass is 182 g/mol. The molecule has 0 heterocycles. The lowest BCUT2D eigenvalue weighted by Gasteiger charge is -2.11. The van der Waals surface area contributed by atoms with Crippen LogP contribution in [0, 0.1) is 11.8 Å². The van der Waals surface area contributed by atoms with Gasteiger partial charge in [-0.2, -0.15) is 0 Å². The molecule has 72 valence electrons. The number of carbonyl (C=O) groups excluding carboxylic acids is 1. The van der Waals surface area contributed by atoms with Crippen LogP contribution in [0.1, 0.15) is 26.2 Å². The zero-order chi connectivity index (χ0) is 9.84. The summed E-state index contributed by atoms with van der Waals surface area (Å²) >= 11 is 0. The molecule has 0 spiro atoms. The van der Waals surface area contributed by atoms with Crippen molar-refractivity contribution in [1.82, 2.24) is 0 Å². The second-order valence-electron chi connectivity index (χ2n) is 3.38. The molecule has 3 nitrogen and oxygen atoms in total. The second-order valence-corrected chi connectivity index (χ2v) is 3.38. The Kier molecular flexibility index (Phi) is 3.23. The van der Waals surface area contributed by atoms with Crippen LogP contribution >= 0.6 is 0 Å². The highest BCUT2D eigenvalue weighted by atomic mass is 16.4. The number of carboxylic acids is 1. The van der Waals surface area contributed by atoms with Crippen molar-refractivity contribution in [2.75, 3.05) is 0 Å². The van der Waals surface area contributed by atoms with Crippen molar-refractivity contribution in [3.63, 3.8) is 0 Å². The highest BCUT2D eigenvalue weighted by molar-refractivity contribution is 5.94. The molecule has 0 saturated heterocycles. The van der Waals surface area contributed by atoms with Crippen molar-refractivity contribution in [2.45, 2.75) is 26.2 Å². The van der Waals surface area contributed by atoms with Gasteiger partial charge in [0.1, 0.15) is 0 Å². The summed E-state index contributed by atoms with van der Waals surface area (Å²) in [5.74, 6) is -1.61. The van der Waals surface area contributed by atoms with Gasteiger partial charge in [-0.1, -0.05) is 12.5 Å². The molecule has 1 saturated carbocycles. The highest BCUT2D eigenvalue weighted by Crippen LogP contribution is 2.32. The van der Waals surface area contributed by atoms with Crippen LogP contribution in [0.5, 0.6) is 0 Å². The molecule has 0 aromatic heterocycles. The molecular formula is C10H14O3. The predicted molar refractivity (Wildman–Crippen MR) is 48.3 cm³/mol. The number of carbonyl (C=O) groups is 2. The van der Waals surface area contributed by atoms with Crippen LogP contribution in [-0.2, 0) is 9.59 Å². The van der Waals surface area contributed by atoms with Gasteiger partial charge in [0.05, 0.1) is 5.92 Å². The van der Waals surface area contributed by atoms with Gasteiger partial charge >= 0.3 is 5.97 Å². The normalized spacial score (nSPS) is 28.1. The van der Waals surface area contributed by atoms with Crippen molar-refractivity contribution >= 4 is 11.8 Å². The van der Waals surface area contributed by atoms with Crippen molar-refractivity contribution in [2.24, 2.45) is 11.8 Å². The molecule has 2 atom stereocenters. The Balaban J connectivity index is 2.68. The first-order chi connectivity index (χ1) is 6.16. The van der Waals surface area contributed by atoms with E-state index in [0.717, 1.165) is 12.8 Å². The van der Waals surface area contributed by atoms with E-state index in [1.165, 1.54) is 6.08 Å². The average molecular weight is 182 g/mol. The summed E-state index contributed by atoms with van der Waals surface area (Å²) in [6.45, 7) is 1.77. The minimum Gasteiger partial charge on any atom is -0.481 e. The summed E-state index contributed by atoms with van der Waals surface area (Å²) in [5, 5.41) is 8.82. The van der Waals surface area contributed by atoms with Crippen LogP contribution in [0.3, 0.4) is 0 Å². The highest BCUT2D eigenvalue weighted by Gasteiger charge is 2.36. The molecule has 0 unspecified atom stereocenters. The Labute approximate surface area is 77.4 Å². The third-order valence-corrected chi connectivity index (χ3v) is 2.53. The molecule has 1 aliphatic carbocycles. The summed E-state index contributed by atoms with van der Waals surface area (Å²) in [6.07, 6.45) is 5.36. The molecule has 0 radical (unpaired) electrons. The fourth-order valence-corrected chi connectivity index (χ4v) is 1.88. The van der Waals surface area contributed by atoms with Gasteiger partial charge in [0.15, 0.2) is 5.78 Å². The maximum absolute atomic E-state index is 11.4. The van der Waals surface area contributed by atoms with Crippen molar-refractivity contribution in [1.29, 1.82) is 0 Å². The van der Waals surface area contributed by atoms with Gasteiger partial charge in [-0.15, -0.1) is 0 Å². The fraction of sp³-hybridized carbons (Fsp3) is 0.600. The van der Waals surface area contributed by atoms with E-state index in [4.69, 9.17) is 5.11 Å². The van der Waals surface area contributed by atoms with Crippen molar-refractivity contribution in [3.8, 4) is 0 Å². The minimum atomic E-state index is -0.833. The molecule has 0 aliphatic heterocycles. The number of hydrogen-bond acceptors (Lipinski definition) is 2. The lowest BCUT2D eigenvalue weighted by atomic mass is 9.92. The molecular weight excluding hydrogens is 168 g/mol. The SMILES string of the molecule is CC=CC(=O)[C@H]1CCC[C@H]1C(=O)O. The largest absolute Gasteiger partial charge is 0.481 e. The second kappa shape index (κ2) is 4.21. The smallest absolute Gasteiger partial charge is 0.307 e. The Morgan fingerprint density at radius 1 is 1.31 bits per heavy atom. The standard InChI is InChI=1S/C10H14O3/c1-2-4-9(11)7-5-3-6-8(7)10(12)13/h2,4,7-8H,3,5-6H2,1H3,(H,12,13)/t7-,8+/m0/s1. The van der Waals surface area contributed by atoms with Gasteiger partial charge in [0.2, 0.25) is 0 Å². The van der Waals surface area contributed by atoms with E-state index in [1.807, 2.05) is 0 Å². The quantitative estimate of drug-likeness (QED) is 0.675. The number of carboxylic acid groups (broad SMARTS) is 1. The molecule has 3 heteroatoms. The third-order valence-electron chi connectivity index (χ3n) is 2.53. The van der Waals surface area contributed by atoms with Crippen LogP contribution in [0.2, 0.25) is 0 Å². The van der Waals surface area contributed by atoms with Gasteiger partial charge in [0.25, 0.3) is 0 Å². The Morgan fingerprint density at radius 3 is 2.46 bits per heavy atom. The van der Waals surface area contributed by atoms with Crippen molar-refractivity contribution < 1.29 is 14.7 Å². The van der Waals surface area contributed by atoms with Crippen LogP contribution in [0.25, 0.3) is 0 Å². The maximum Gasteiger partial charge on any atom is 0.307 e. The van der Waals surface area contributed by atoms with E-state index >= 15 is 0 Å². The number of rotatable bonds is 3. The average Bonchev–Trinajstić information content (AvgIpc) is 2.52. The molecule has 0 bridgehead atoms. The predicted octanol–water partition coefficient (Wildman–Crippen LogP) is 1.63. The van der Waals surface area contributed by atoms with Gasteiger partial charge in [0, 0.05) is 5.92 Å². The maximum atomic E-state index is 11.4. The molecule has 1 aliphatic rings. The van der Waals surface area contributed by atoms with E-state index in [1.54, 1.807) is 13.0 Å². The Hall–Kier alpha value is -1.12. The lowest BCUT2D eigenvalue weighted by Crippen LogP contribution is -2.23. The number of hydrogen-bond donors (Lipinski definition) is 1. The van der Waals surface area contributed by atoms with Crippen LogP contribution in [0.4, 0.5) is 0 Å².